The molecule has 1 aromatic rings. The summed E-state index contributed by atoms with van der Waals surface area (Å²) in [4.78, 5) is 0. The van der Waals surface area contributed by atoms with Crippen molar-refractivity contribution in [2.75, 3.05) is 7.11 Å². The van der Waals surface area contributed by atoms with Crippen molar-refractivity contribution >= 4 is 11.6 Å². The van der Waals surface area contributed by atoms with Crippen LogP contribution in [0.3, 0.4) is 0 Å². The van der Waals surface area contributed by atoms with Crippen molar-refractivity contribution in [3.8, 4) is 5.75 Å². The zero-order valence-corrected chi connectivity index (χ0v) is 10.2. The highest BCUT2D eigenvalue weighted by Crippen LogP contribution is 2.35. The van der Waals surface area contributed by atoms with Crippen LogP contribution in [-0.4, -0.2) is 18.3 Å². The molecule has 0 aromatic heterocycles. The first-order valence-electron chi connectivity index (χ1n) is 5.71. The Morgan fingerprint density at radius 1 is 1.50 bits per heavy atom. The fourth-order valence-corrected chi connectivity index (χ4v) is 2.16. The number of aryl methyl sites for hydroxylation is 1. The van der Waals surface area contributed by atoms with Crippen LogP contribution in [0.5, 0.6) is 5.75 Å². The molecule has 0 bridgehead atoms. The smallest absolute Gasteiger partial charge is 0.122 e. The number of hydrogen-bond donors (Lipinski definition) is 1. The molecule has 0 spiro atoms. The van der Waals surface area contributed by atoms with Gasteiger partial charge in [0.25, 0.3) is 0 Å². The molecule has 1 saturated carbocycles. The number of halogens is 1. The molecule has 1 unspecified atom stereocenters. The highest BCUT2D eigenvalue weighted by molar-refractivity contribution is 6.30. The first kappa shape index (κ1) is 11.7. The molecule has 0 amide bonds. The van der Waals surface area contributed by atoms with Crippen molar-refractivity contribution in [2.24, 2.45) is 5.92 Å². The van der Waals surface area contributed by atoms with Crippen molar-refractivity contribution in [3.63, 3.8) is 0 Å². The van der Waals surface area contributed by atoms with Crippen LogP contribution in [0, 0.1) is 5.92 Å². The fraction of sp³-hybridized carbons (Fsp3) is 0.538. The molecule has 0 heterocycles. The highest BCUT2D eigenvalue weighted by Gasteiger charge is 2.29. The minimum Gasteiger partial charge on any atom is -0.496 e. The van der Waals surface area contributed by atoms with Crippen molar-refractivity contribution in [1.29, 1.82) is 0 Å². The van der Waals surface area contributed by atoms with Crippen molar-refractivity contribution in [1.82, 2.24) is 0 Å². The van der Waals surface area contributed by atoms with Crippen LogP contribution < -0.4 is 4.74 Å². The van der Waals surface area contributed by atoms with E-state index >= 15 is 0 Å². The molecular formula is C13H17ClO2. The number of rotatable bonds is 5. The molecule has 1 N–H and O–H groups in total. The molecule has 0 radical (unpaired) electrons. The van der Waals surface area contributed by atoms with Gasteiger partial charge in [-0.25, -0.2) is 0 Å². The van der Waals surface area contributed by atoms with Gasteiger partial charge in [0.15, 0.2) is 0 Å². The Hall–Kier alpha value is -0.730. The summed E-state index contributed by atoms with van der Waals surface area (Å²) in [6.07, 6.45) is 3.80. The maximum absolute atomic E-state index is 9.81. The van der Waals surface area contributed by atoms with E-state index < -0.39 is 0 Å². The van der Waals surface area contributed by atoms with Gasteiger partial charge >= 0.3 is 0 Å². The zero-order chi connectivity index (χ0) is 11.5. The van der Waals surface area contributed by atoms with Gasteiger partial charge in [-0.1, -0.05) is 11.6 Å². The summed E-state index contributed by atoms with van der Waals surface area (Å²) >= 11 is 5.95. The van der Waals surface area contributed by atoms with E-state index in [-0.39, 0.29) is 6.10 Å². The topological polar surface area (TPSA) is 29.5 Å². The van der Waals surface area contributed by atoms with Crippen LogP contribution in [0.15, 0.2) is 18.2 Å². The molecule has 2 nitrogen and oxygen atoms in total. The second-order valence-corrected chi connectivity index (χ2v) is 4.84. The Morgan fingerprint density at radius 3 is 2.88 bits per heavy atom. The predicted octanol–water partition coefficient (Wildman–Crippen LogP) is 3.05. The molecule has 1 aliphatic rings. The summed E-state index contributed by atoms with van der Waals surface area (Å²) in [5.74, 6) is 1.39. The number of aliphatic hydroxyl groups is 1. The van der Waals surface area contributed by atoms with Crippen LogP contribution in [0.4, 0.5) is 0 Å². The van der Waals surface area contributed by atoms with E-state index in [1.54, 1.807) is 7.11 Å². The van der Waals surface area contributed by atoms with Gasteiger partial charge in [-0.3, -0.25) is 0 Å². The van der Waals surface area contributed by atoms with Gasteiger partial charge in [-0.2, -0.15) is 0 Å². The van der Waals surface area contributed by atoms with E-state index in [0.29, 0.717) is 5.92 Å². The Morgan fingerprint density at radius 2 is 2.25 bits per heavy atom. The minimum atomic E-state index is -0.163. The quantitative estimate of drug-likeness (QED) is 0.857. The molecule has 2 rings (SSSR count). The minimum absolute atomic E-state index is 0.163. The van der Waals surface area contributed by atoms with E-state index in [1.807, 2.05) is 18.2 Å². The van der Waals surface area contributed by atoms with E-state index in [1.165, 1.54) is 12.8 Å². The third kappa shape index (κ3) is 2.89. The number of ether oxygens (including phenoxy) is 1. The van der Waals surface area contributed by atoms with Gasteiger partial charge in [0.1, 0.15) is 5.75 Å². The van der Waals surface area contributed by atoms with Gasteiger partial charge in [-0.15, -0.1) is 0 Å². The lowest BCUT2D eigenvalue weighted by Crippen LogP contribution is -2.10. The molecular weight excluding hydrogens is 224 g/mol. The number of hydrogen-bond acceptors (Lipinski definition) is 2. The summed E-state index contributed by atoms with van der Waals surface area (Å²) in [5.41, 5.74) is 1.08. The first-order chi connectivity index (χ1) is 7.70. The third-order valence-electron chi connectivity index (χ3n) is 3.12. The van der Waals surface area contributed by atoms with Crippen LogP contribution in [0.2, 0.25) is 5.02 Å². The van der Waals surface area contributed by atoms with Crippen LogP contribution >= 0.6 is 11.6 Å². The van der Waals surface area contributed by atoms with Crippen LogP contribution in [0.1, 0.15) is 24.8 Å². The summed E-state index contributed by atoms with van der Waals surface area (Å²) in [6.45, 7) is 0. The monoisotopic (exact) mass is 240 g/mol. The Bertz CT molecular complexity index is 361. The molecule has 0 saturated heterocycles. The normalized spacial score (nSPS) is 17.2. The van der Waals surface area contributed by atoms with Crippen LogP contribution in [-0.2, 0) is 6.42 Å². The number of aliphatic hydroxyl groups excluding tert-OH is 1. The average Bonchev–Trinajstić information content (AvgIpc) is 3.10. The molecule has 16 heavy (non-hydrogen) atoms. The second kappa shape index (κ2) is 5.07. The Kier molecular flexibility index (Phi) is 3.72. The fourth-order valence-electron chi connectivity index (χ4n) is 1.96. The van der Waals surface area contributed by atoms with E-state index in [4.69, 9.17) is 16.3 Å². The Balaban J connectivity index is 1.98. The highest BCUT2D eigenvalue weighted by atomic mass is 35.5. The third-order valence-corrected chi connectivity index (χ3v) is 3.35. The SMILES string of the molecule is COc1ccc(Cl)cc1CCC(O)C1CC1. The Labute approximate surface area is 101 Å². The zero-order valence-electron chi connectivity index (χ0n) is 9.45. The standard InChI is InChI=1S/C13H17ClO2/c1-16-13-7-5-11(14)8-10(13)4-6-12(15)9-2-3-9/h5,7-9,12,15H,2-4,6H2,1H3. The second-order valence-electron chi connectivity index (χ2n) is 4.40. The van der Waals surface area contributed by atoms with Crippen LogP contribution in [0.25, 0.3) is 0 Å². The summed E-state index contributed by atoms with van der Waals surface area (Å²) < 4.78 is 5.27. The average molecular weight is 241 g/mol. The summed E-state index contributed by atoms with van der Waals surface area (Å²) in [5, 5.41) is 10.5. The lowest BCUT2D eigenvalue weighted by Gasteiger charge is -2.12. The lowest BCUT2D eigenvalue weighted by atomic mass is 10.0. The predicted molar refractivity (Wildman–Crippen MR) is 65.1 cm³/mol. The van der Waals surface area contributed by atoms with Gasteiger partial charge in [0, 0.05) is 5.02 Å². The van der Waals surface area contributed by atoms with E-state index in [9.17, 15) is 5.11 Å². The molecule has 88 valence electrons. The molecule has 1 fully saturated rings. The van der Waals surface area contributed by atoms with E-state index in [0.717, 1.165) is 29.2 Å². The van der Waals surface area contributed by atoms with E-state index in [2.05, 4.69) is 0 Å². The molecule has 1 aromatic carbocycles. The van der Waals surface area contributed by atoms with Crippen molar-refractivity contribution in [2.45, 2.75) is 31.8 Å². The maximum Gasteiger partial charge on any atom is 0.122 e. The summed E-state index contributed by atoms with van der Waals surface area (Å²) in [7, 11) is 1.66. The van der Waals surface area contributed by atoms with Gasteiger partial charge in [0.2, 0.25) is 0 Å². The number of benzene rings is 1. The number of methoxy groups -OCH3 is 1. The van der Waals surface area contributed by atoms with Crippen molar-refractivity contribution < 1.29 is 9.84 Å². The largest absolute Gasteiger partial charge is 0.496 e. The summed E-state index contributed by atoms with van der Waals surface area (Å²) in [6, 6.07) is 5.61. The van der Waals surface area contributed by atoms with Gasteiger partial charge < -0.3 is 9.84 Å². The van der Waals surface area contributed by atoms with Crippen molar-refractivity contribution in [3.05, 3.63) is 28.8 Å². The molecule has 1 atom stereocenters. The molecule has 3 heteroatoms. The lowest BCUT2D eigenvalue weighted by molar-refractivity contribution is 0.141. The molecule has 0 aliphatic heterocycles. The van der Waals surface area contributed by atoms with Gasteiger partial charge in [-0.05, 0) is 55.4 Å². The maximum atomic E-state index is 9.81. The molecule has 1 aliphatic carbocycles. The van der Waals surface area contributed by atoms with Gasteiger partial charge in [0.05, 0.1) is 13.2 Å². The first-order valence-corrected chi connectivity index (χ1v) is 6.09.